The van der Waals surface area contributed by atoms with Crippen LogP contribution in [-0.4, -0.2) is 0 Å². The molecule has 0 N–H and O–H groups in total. The Morgan fingerprint density at radius 1 is 0.930 bits per heavy atom. The number of hydrogen-bond donors (Lipinski definition) is 0. The summed E-state index contributed by atoms with van der Waals surface area (Å²) in [5.41, 5.74) is 13.0. The van der Waals surface area contributed by atoms with Crippen LogP contribution in [0.15, 0.2) is 99.9 Å². The lowest BCUT2D eigenvalue weighted by Crippen LogP contribution is -2.25. The molecule has 0 fully saturated rings. The predicted octanol–water partition coefficient (Wildman–Crippen LogP) is 13.0. The van der Waals surface area contributed by atoms with Crippen molar-refractivity contribution < 1.29 is 0 Å². The number of hydrogen-bond acceptors (Lipinski definition) is 0. The van der Waals surface area contributed by atoms with Gasteiger partial charge in [0.1, 0.15) is 0 Å². The summed E-state index contributed by atoms with van der Waals surface area (Å²) in [7, 11) is 0. The Morgan fingerprint density at radius 3 is 2.53 bits per heavy atom. The summed E-state index contributed by atoms with van der Waals surface area (Å²) in [5.74, 6) is 4.91. The van der Waals surface area contributed by atoms with E-state index in [2.05, 4.69) is 115 Å². The van der Waals surface area contributed by atoms with Crippen molar-refractivity contribution in [2.75, 3.05) is 0 Å². The van der Waals surface area contributed by atoms with Crippen LogP contribution in [0.1, 0.15) is 126 Å². The predicted molar refractivity (Wildman–Crippen MR) is 190 cm³/mol. The Bertz CT molecular complexity index is 1210. The summed E-state index contributed by atoms with van der Waals surface area (Å²) in [4.78, 5) is 0. The summed E-state index contributed by atoms with van der Waals surface area (Å²) in [6.45, 7) is 16.7. The smallest absolute Gasteiger partial charge is 0.00874 e. The van der Waals surface area contributed by atoms with Crippen LogP contribution < -0.4 is 0 Å². The van der Waals surface area contributed by atoms with Gasteiger partial charge in [0.05, 0.1) is 0 Å². The molecule has 4 aliphatic carbocycles. The Balaban J connectivity index is 1.36. The van der Waals surface area contributed by atoms with E-state index < -0.39 is 0 Å². The van der Waals surface area contributed by atoms with Gasteiger partial charge in [0, 0.05) is 5.92 Å². The molecule has 4 rings (SSSR count). The Labute approximate surface area is 266 Å². The van der Waals surface area contributed by atoms with Crippen molar-refractivity contribution in [1.29, 1.82) is 0 Å². The molecule has 0 bridgehead atoms. The Morgan fingerprint density at radius 2 is 1.74 bits per heavy atom. The molecule has 0 radical (unpaired) electrons. The van der Waals surface area contributed by atoms with Crippen molar-refractivity contribution in [2.24, 2.45) is 41.4 Å². The van der Waals surface area contributed by atoms with Gasteiger partial charge in [0.15, 0.2) is 0 Å². The summed E-state index contributed by atoms with van der Waals surface area (Å²) < 4.78 is 0. The zero-order valence-electron chi connectivity index (χ0n) is 28.8. The molecule has 6 atom stereocenters. The highest BCUT2D eigenvalue weighted by molar-refractivity contribution is 5.43. The molecule has 234 valence electrons. The minimum Gasteiger partial charge on any atom is -0.121 e. The lowest BCUT2D eigenvalue weighted by molar-refractivity contribution is 0.204. The highest BCUT2D eigenvalue weighted by atomic mass is 14.3. The number of rotatable bonds is 9. The lowest BCUT2D eigenvalue weighted by Gasteiger charge is -2.34. The van der Waals surface area contributed by atoms with Crippen LogP contribution in [0.2, 0.25) is 0 Å². The normalized spacial score (nSPS) is 29.3. The topological polar surface area (TPSA) is 0 Å². The van der Waals surface area contributed by atoms with Crippen molar-refractivity contribution in [3.05, 3.63) is 99.9 Å². The molecule has 0 saturated heterocycles. The molecule has 4 aliphatic rings. The van der Waals surface area contributed by atoms with Gasteiger partial charge in [-0.15, -0.1) is 5.73 Å². The van der Waals surface area contributed by atoms with Crippen molar-refractivity contribution in [2.45, 2.75) is 126 Å². The molecule has 0 aromatic heterocycles. The van der Waals surface area contributed by atoms with Crippen LogP contribution in [0.25, 0.3) is 0 Å². The second-order valence-electron chi connectivity index (χ2n) is 14.9. The van der Waals surface area contributed by atoms with Crippen molar-refractivity contribution in [3.63, 3.8) is 0 Å². The van der Waals surface area contributed by atoms with Crippen LogP contribution >= 0.6 is 0 Å². The third-order valence-electron chi connectivity index (χ3n) is 11.0. The molecule has 0 saturated carbocycles. The average molecular weight is 579 g/mol. The van der Waals surface area contributed by atoms with Gasteiger partial charge in [0.2, 0.25) is 0 Å². The largest absolute Gasteiger partial charge is 0.121 e. The highest BCUT2D eigenvalue weighted by Gasteiger charge is 2.30. The van der Waals surface area contributed by atoms with E-state index in [9.17, 15) is 0 Å². The van der Waals surface area contributed by atoms with Crippen LogP contribution in [0.5, 0.6) is 0 Å². The fourth-order valence-corrected chi connectivity index (χ4v) is 8.11. The van der Waals surface area contributed by atoms with Gasteiger partial charge in [-0.05, 0) is 161 Å². The molecule has 0 heterocycles. The van der Waals surface area contributed by atoms with Gasteiger partial charge in [0.25, 0.3) is 0 Å². The van der Waals surface area contributed by atoms with Gasteiger partial charge in [-0.2, -0.15) is 0 Å². The van der Waals surface area contributed by atoms with E-state index in [4.69, 9.17) is 0 Å². The molecule has 0 aromatic carbocycles. The third kappa shape index (κ3) is 9.85. The maximum Gasteiger partial charge on any atom is 0.00874 e. The SMILES string of the molecule is CC=C1C=CCC(C)CC1C(CC(C)CCC1C=CC(C2=C=CC(C)=C(C3=CCC=C(C)CC3)CC2)CC=CC1)C(C)C. The first-order valence-corrected chi connectivity index (χ1v) is 17.9. The zero-order valence-corrected chi connectivity index (χ0v) is 28.8. The maximum absolute atomic E-state index is 3.79. The van der Waals surface area contributed by atoms with Gasteiger partial charge in [-0.3, -0.25) is 0 Å². The number of allylic oxidation sites excluding steroid dienone is 15. The molecular weight excluding hydrogens is 516 g/mol. The molecule has 6 unspecified atom stereocenters. The van der Waals surface area contributed by atoms with Gasteiger partial charge < -0.3 is 0 Å². The summed E-state index contributed by atoms with van der Waals surface area (Å²) in [6.07, 6.45) is 39.2. The molecular formula is C43H62. The van der Waals surface area contributed by atoms with E-state index in [0.29, 0.717) is 17.8 Å². The fourth-order valence-electron chi connectivity index (χ4n) is 8.11. The molecule has 0 amide bonds. The van der Waals surface area contributed by atoms with E-state index in [1.54, 1.807) is 16.7 Å². The maximum atomic E-state index is 3.79. The Hall–Kier alpha value is -2.30. The molecule has 0 aromatic rings. The minimum atomic E-state index is 0.488. The van der Waals surface area contributed by atoms with Crippen LogP contribution in [0.3, 0.4) is 0 Å². The molecule has 0 nitrogen and oxygen atoms in total. The summed E-state index contributed by atoms with van der Waals surface area (Å²) >= 11 is 0. The van der Waals surface area contributed by atoms with Crippen LogP contribution in [-0.2, 0) is 0 Å². The average Bonchev–Trinajstić information content (AvgIpc) is 3.38. The van der Waals surface area contributed by atoms with Gasteiger partial charge in [-0.25, -0.2) is 0 Å². The van der Waals surface area contributed by atoms with E-state index in [-0.39, 0.29) is 0 Å². The quantitative estimate of drug-likeness (QED) is 0.188. The first-order valence-electron chi connectivity index (χ1n) is 17.9. The Kier molecular flexibility index (Phi) is 13.0. The van der Waals surface area contributed by atoms with Crippen LogP contribution in [0, 0.1) is 41.4 Å². The fraction of sp³-hybridized carbons (Fsp3) is 0.605. The monoisotopic (exact) mass is 578 g/mol. The first kappa shape index (κ1) is 33.6. The van der Waals surface area contributed by atoms with E-state index in [1.165, 1.54) is 68.1 Å². The molecule has 43 heavy (non-hydrogen) atoms. The van der Waals surface area contributed by atoms with Crippen molar-refractivity contribution in [1.82, 2.24) is 0 Å². The van der Waals surface area contributed by atoms with Crippen molar-refractivity contribution >= 4 is 0 Å². The lowest BCUT2D eigenvalue weighted by atomic mass is 9.71. The molecule has 0 aliphatic heterocycles. The summed E-state index contributed by atoms with van der Waals surface area (Å²) in [5, 5.41) is 0. The van der Waals surface area contributed by atoms with E-state index >= 15 is 0 Å². The summed E-state index contributed by atoms with van der Waals surface area (Å²) in [6, 6.07) is 0. The molecule has 0 heteroatoms. The van der Waals surface area contributed by atoms with E-state index in [0.717, 1.165) is 49.4 Å². The molecule has 0 spiro atoms. The second kappa shape index (κ2) is 16.7. The van der Waals surface area contributed by atoms with E-state index in [1.807, 2.05) is 0 Å². The first-order chi connectivity index (χ1) is 20.7. The standard InChI is InChI=1S/C43H62/c1-8-37-17-12-14-33(5)30-43(37)42(31(2)3)29-34(6)19-22-36-15-9-10-16-38(26-23-36)39-25-21-35(7)41(28-27-39)40-18-11-13-32(4)20-24-40/h8-10,12-13,17-18,21,23,26,31,33-34,36,38,42-43H,11,14-16,19-20,22,24,27-30H2,1-7H3. The van der Waals surface area contributed by atoms with Crippen LogP contribution in [0.4, 0.5) is 0 Å². The third-order valence-corrected chi connectivity index (χ3v) is 11.0. The highest BCUT2D eigenvalue weighted by Crippen LogP contribution is 2.41. The van der Waals surface area contributed by atoms with Gasteiger partial charge in [-0.1, -0.05) is 94.4 Å². The zero-order chi connectivity index (χ0) is 30.8. The minimum absolute atomic E-state index is 0.488. The van der Waals surface area contributed by atoms with Crippen molar-refractivity contribution in [3.8, 4) is 0 Å². The second-order valence-corrected chi connectivity index (χ2v) is 14.9. The van der Waals surface area contributed by atoms with Gasteiger partial charge >= 0.3 is 0 Å².